The van der Waals surface area contributed by atoms with Crippen LogP contribution in [0.25, 0.3) is 5.52 Å². The number of aliphatic carboxylic acids is 1. The number of aryl methyl sites for hydroxylation is 1. The van der Waals surface area contributed by atoms with Crippen LogP contribution < -0.4 is 4.90 Å². The summed E-state index contributed by atoms with van der Waals surface area (Å²) in [7, 11) is 3.85. The molecule has 5 nitrogen and oxygen atoms in total. The molecule has 0 aromatic carbocycles. The lowest BCUT2D eigenvalue weighted by molar-refractivity contribution is -0.136. The molecule has 0 atom stereocenters. The van der Waals surface area contributed by atoms with E-state index in [9.17, 15) is 4.79 Å². The van der Waals surface area contributed by atoms with Gasteiger partial charge in [0.25, 0.3) is 0 Å². The topological polar surface area (TPSA) is 57.8 Å². The molecule has 0 saturated heterocycles. The van der Waals surface area contributed by atoms with Crippen molar-refractivity contribution < 1.29 is 9.90 Å². The first-order chi connectivity index (χ1) is 8.00. The smallest absolute Gasteiger partial charge is 0.311 e. The molecule has 90 valence electrons. The van der Waals surface area contributed by atoms with Gasteiger partial charge in [0.2, 0.25) is 0 Å². The van der Waals surface area contributed by atoms with Gasteiger partial charge in [-0.1, -0.05) is 6.07 Å². The van der Waals surface area contributed by atoms with E-state index in [-0.39, 0.29) is 6.42 Å². The average Bonchev–Trinajstić information content (AvgIpc) is 2.55. The van der Waals surface area contributed by atoms with E-state index in [2.05, 4.69) is 4.98 Å². The fraction of sp³-hybridized carbons (Fsp3) is 0.333. The summed E-state index contributed by atoms with van der Waals surface area (Å²) in [4.78, 5) is 17.1. The van der Waals surface area contributed by atoms with E-state index in [1.54, 1.807) is 0 Å². The molecule has 2 aromatic rings. The standard InChI is InChI=1S/C12H15N3O2/c1-8-9-5-4-6-11(14(2)3)15(9)10(13-8)7-12(16)17/h4-6H,7H2,1-3H3,(H,16,17). The zero-order chi connectivity index (χ0) is 12.6. The Morgan fingerprint density at radius 1 is 1.47 bits per heavy atom. The summed E-state index contributed by atoms with van der Waals surface area (Å²) in [6.07, 6.45) is -0.0696. The number of hydrogen-bond donors (Lipinski definition) is 1. The second-order valence-corrected chi connectivity index (χ2v) is 4.18. The Morgan fingerprint density at radius 2 is 2.18 bits per heavy atom. The number of anilines is 1. The van der Waals surface area contributed by atoms with Gasteiger partial charge in [0, 0.05) is 14.1 Å². The van der Waals surface area contributed by atoms with Crippen molar-refractivity contribution in [1.82, 2.24) is 9.38 Å². The molecular weight excluding hydrogens is 218 g/mol. The number of imidazole rings is 1. The van der Waals surface area contributed by atoms with E-state index in [0.29, 0.717) is 5.82 Å². The quantitative estimate of drug-likeness (QED) is 0.869. The van der Waals surface area contributed by atoms with Gasteiger partial charge in [0.05, 0.1) is 11.2 Å². The minimum Gasteiger partial charge on any atom is -0.481 e. The Hall–Kier alpha value is -2.04. The minimum atomic E-state index is -0.870. The summed E-state index contributed by atoms with van der Waals surface area (Å²) >= 11 is 0. The summed E-state index contributed by atoms with van der Waals surface area (Å²) < 4.78 is 1.89. The molecule has 0 aliphatic heterocycles. The van der Waals surface area contributed by atoms with Gasteiger partial charge in [-0.25, -0.2) is 4.98 Å². The lowest BCUT2D eigenvalue weighted by Crippen LogP contribution is -2.15. The maximum Gasteiger partial charge on any atom is 0.311 e. The fourth-order valence-corrected chi connectivity index (χ4v) is 1.96. The number of rotatable bonds is 3. The first-order valence-corrected chi connectivity index (χ1v) is 5.36. The van der Waals surface area contributed by atoms with Gasteiger partial charge in [0.15, 0.2) is 0 Å². The van der Waals surface area contributed by atoms with Crippen molar-refractivity contribution >= 4 is 17.3 Å². The van der Waals surface area contributed by atoms with Crippen LogP contribution in [0.1, 0.15) is 11.5 Å². The number of aromatic nitrogens is 2. The van der Waals surface area contributed by atoms with Crippen LogP contribution in [0.5, 0.6) is 0 Å². The number of hydrogen-bond acceptors (Lipinski definition) is 3. The minimum absolute atomic E-state index is 0.0696. The third-order valence-electron chi connectivity index (χ3n) is 2.66. The number of nitrogens with zero attached hydrogens (tertiary/aromatic N) is 3. The summed E-state index contributed by atoms with van der Waals surface area (Å²) in [6, 6.07) is 5.84. The van der Waals surface area contributed by atoms with Crippen LogP contribution in [0.4, 0.5) is 5.82 Å². The molecule has 2 aromatic heterocycles. The molecule has 0 unspecified atom stereocenters. The number of carboxylic acids is 1. The van der Waals surface area contributed by atoms with Crippen molar-refractivity contribution in [2.45, 2.75) is 13.3 Å². The van der Waals surface area contributed by atoms with Crippen molar-refractivity contribution in [3.8, 4) is 0 Å². The van der Waals surface area contributed by atoms with Gasteiger partial charge in [-0.15, -0.1) is 0 Å². The van der Waals surface area contributed by atoms with Gasteiger partial charge in [-0.3, -0.25) is 9.20 Å². The normalized spacial score (nSPS) is 10.8. The lowest BCUT2D eigenvalue weighted by atomic mass is 10.3. The fourth-order valence-electron chi connectivity index (χ4n) is 1.96. The highest BCUT2D eigenvalue weighted by Gasteiger charge is 2.14. The molecule has 0 radical (unpaired) electrons. The molecule has 5 heteroatoms. The summed E-state index contributed by atoms with van der Waals surface area (Å²) in [6.45, 7) is 1.89. The van der Waals surface area contributed by atoms with Gasteiger partial charge >= 0.3 is 5.97 Å². The number of carboxylic acid groups (broad SMARTS) is 1. The molecule has 1 N–H and O–H groups in total. The molecule has 0 aliphatic carbocycles. The maximum atomic E-state index is 10.8. The van der Waals surface area contributed by atoms with Crippen LogP contribution in [0.3, 0.4) is 0 Å². The van der Waals surface area contributed by atoms with Crippen molar-refractivity contribution in [2.24, 2.45) is 0 Å². The Morgan fingerprint density at radius 3 is 2.76 bits per heavy atom. The second-order valence-electron chi connectivity index (χ2n) is 4.18. The highest BCUT2D eigenvalue weighted by atomic mass is 16.4. The SMILES string of the molecule is Cc1nc(CC(=O)O)n2c(N(C)C)cccc12. The molecule has 0 fully saturated rings. The summed E-state index contributed by atoms with van der Waals surface area (Å²) in [5, 5.41) is 8.90. The Bertz CT molecular complexity index is 572. The van der Waals surface area contributed by atoms with E-state index in [1.807, 2.05) is 48.5 Å². The Labute approximate surface area is 99.3 Å². The third kappa shape index (κ3) is 1.95. The third-order valence-corrected chi connectivity index (χ3v) is 2.66. The molecular formula is C12H15N3O2. The van der Waals surface area contributed by atoms with Crippen molar-refractivity contribution in [1.29, 1.82) is 0 Å². The zero-order valence-corrected chi connectivity index (χ0v) is 10.1. The highest BCUT2D eigenvalue weighted by molar-refractivity contribution is 5.71. The Kier molecular flexibility index (Phi) is 2.75. The molecule has 2 rings (SSSR count). The van der Waals surface area contributed by atoms with Crippen LogP contribution in [-0.2, 0) is 11.2 Å². The summed E-state index contributed by atoms with van der Waals surface area (Å²) in [5.74, 6) is 0.624. The van der Waals surface area contributed by atoms with E-state index in [0.717, 1.165) is 17.0 Å². The predicted molar refractivity (Wildman–Crippen MR) is 65.6 cm³/mol. The number of carbonyl (C=O) groups is 1. The van der Waals surface area contributed by atoms with Crippen LogP contribution >= 0.6 is 0 Å². The van der Waals surface area contributed by atoms with Crippen LogP contribution in [0.2, 0.25) is 0 Å². The number of pyridine rings is 1. The molecule has 2 heterocycles. The van der Waals surface area contributed by atoms with Crippen LogP contribution in [-0.4, -0.2) is 34.6 Å². The molecule has 17 heavy (non-hydrogen) atoms. The average molecular weight is 233 g/mol. The van der Waals surface area contributed by atoms with Crippen molar-refractivity contribution in [3.63, 3.8) is 0 Å². The largest absolute Gasteiger partial charge is 0.481 e. The van der Waals surface area contributed by atoms with Gasteiger partial charge in [-0.05, 0) is 19.1 Å². The Balaban J connectivity index is 2.72. The lowest BCUT2D eigenvalue weighted by Gasteiger charge is -2.15. The monoisotopic (exact) mass is 233 g/mol. The van der Waals surface area contributed by atoms with E-state index in [1.165, 1.54) is 0 Å². The van der Waals surface area contributed by atoms with Crippen LogP contribution in [0, 0.1) is 6.92 Å². The molecule has 0 spiro atoms. The van der Waals surface area contributed by atoms with E-state index >= 15 is 0 Å². The maximum absolute atomic E-state index is 10.8. The van der Waals surface area contributed by atoms with Crippen LogP contribution in [0.15, 0.2) is 18.2 Å². The molecule has 0 bridgehead atoms. The van der Waals surface area contributed by atoms with Gasteiger partial charge in [0.1, 0.15) is 18.1 Å². The molecule has 0 aliphatic rings. The molecule has 0 amide bonds. The molecule has 0 saturated carbocycles. The highest BCUT2D eigenvalue weighted by Crippen LogP contribution is 2.20. The van der Waals surface area contributed by atoms with Crippen molar-refractivity contribution in [2.75, 3.05) is 19.0 Å². The summed E-state index contributed by atoms with van der Waals surface area (Å²) in [5.41, 5.74) is 1.80. The van der Waals surface area contributed by atoms with Gasteiger partial charge < -0.3 is 10.0 Å². The number of fused-ring (bicyclic) bond motifs is 1. The first kappa shape index (κ1) is 11.4. The van der Waals surface area contributed by atoms with E-state index in [4.69, 9.17) is 5.11 Å². The predicted octanol–water partition coefficient (Wildman–Crippen LogP) is 1.34. The zero-order valence-electron chi connectivity index (χ0n) is 10.1. The van der Waals surface area contributed by atoms with Crippen molar-refractivity contribution in [3.05, 3.63) is 29.7 Å². The van der Waals surface area contributed by atoms with Gasteiger partial charge in [-0.2, -0.15) is 0 Å². The van der Waals surface area contributed by atoms with E-state index < -0.39 is 5.97 Å². The first-order valence-electron chi connectivity index (χ1n) is 5.36. The second kappa shape index (κ2) is 4.08.